The molecule has 2 nitrogen and oxygen atoms in total. The van der Waals surface area contributed by atoms with Crippen molar-refractivity contribution in [2.24, 2.45) is 0 Å². The van der Waals surface area contributed by atoms with Crippen molar-refractivity contribution in [3.05, 3.63) is 71.8 Å². The fourth-order valence-electron chi connectivity index (χ4n) is 2.24. The van der Waals surface area contributed by atoms with Crippen LogP contribution in [0.1, 0.15) is 23.5 Å². The lowest BCUT2D eigenvalue weighted by atomic mass is 9.89. The first-order valence-corrected chi connectivity index (χ1v) is 6.58. The zero-order chi connectivity index (χ0) is 13.3. The molecule has 100 valence electrons. The molecule has 19 heavy (non-hydrogen) atoms. The maximum Gasteiger partial charge on any atom is 0.146 e. The van der Waals surface area contributed by atoms with Crippen LogP contribution in [-0.4, -0.2) is 20.5 Å². The molecular formula is C17H20O2. The van der Waals surface area contributed by atoms with Crippen molar-refractivity contribution in [3.63, 3.8) is 0 Å². The predicted octanol–water partition coefficient (Wildman–Crippen LogP) is 3.83. The average Bonchev–Trinajstić information content (AvgIpc) is 2.49. The quantitative estimate of drug-likeness (QED) is 0.553. The molecule has 2 aromatic carbocycles. The number of hydrogen-bond donors (Lipinski definition) is 0. The Balaban J connectivity index is 2.10. The van der Waals surface area contributed by atoms with Gasteiger partial charge >= 0.3 is 0 Å². The molecule has 0 N–H and O–H groups in total. The highest BCUT2D eigenvalue weighted by Gasteiger charge is 2.13. The van der Waals surface area contributed by atoms with Crippen LogP contribution in [-0.2, 0) is 9.47 Å². The van der Waals surface area contributed by atoms with E-state index < -0.39 is 0 Å². The fraction of sp³-hybridized carbons (Fsp3) is 0.294. The largest absolute Gasteiger partial charge is 0.359 e. The molecule has 2 rings (SSSR count). The molecule has 0 aliphatic carbocycles. The predicted molar refractivity (Wildman–Crippen MR) is 77.2 cm³/mol. The summed E-state index contributed by atoms with van der Waals surface area (Å²) in [6, 6.07) is 21.1. The van der Waals surface area contributed by atoms with Crippen molar-refractivity contribution in [2.45, 2.75) is 12.3 Å². The minimum absolute atomic E-state index is 0.357. The molecule has 0 saturated carbocycles. The summed E-state index contributed by atoms with van der Waals surface area (Å²) in [4.78, 5) is 0. The third-order valence-corrected chi connectivity index (χ3v) is 3.16. The molecule has 0 amide bonds. The zero-order valence-corrected chi connectivity index (χ0v) is 11.3. The second-order valence-electron chi connectivity index (χ2n) is 4.48. The Hall–Kier alpha value is -1.64. The normalized spacial score (nSPS) is 10.8. The standard InChI is InChI=1S/C17H20O2/c1-18-14-19-13-12-17(15-8-4-2-5-9-15)16-10-6-3-7-11-16/h2-11,17H,12-14H2,1H3. The molecule has 0 fully saturated rings. The van der Waals surface area contributed by atoms with Crippen LogP contribution in [0.5, 0.6) is 0 Å². The Morgan fingerprint density at radius 3 is 1.84 bits per heavy atom. The van der Waals surface area contributed by atoms with E-state index >= 15 is 0 Å². The Labute approximate surface area is 115 Å². The maximum atomic E-state index is 5.43. The topological polar surface area (TPSA) is 18.5 Å². The molecule has 0 aliphatic rings. The van der Waals surface area contributed by atoms with Gasteiger partial charge in [-0.2, -0.15) is 0 Å². The number of methoxy groups -OCH3 is 1. The van der Waals surface area contributed by atoms with E-state index in [1.165, 1.54) is 11.1 Å². The number of ether oxygens (including phenoxy) is 2. The minimum Gasteiger partial charge on any atom is -0.359 e. The van der Waals surface area contributed by atoms with Crippen molar-refractivity contribution in [2.75, 3.05) is 20.5 Å². The molecule has 2 aromatic rings. The van der Waals surface area contributed by atoms with E-state index in [1.807, 2.05) is 12.1 Å². The van der Waals surface area contributed by atoms with Gasteiger partial charge in [0, 0.05) is 13.0 Å². The summed E-state index contributed by atoms with van der Waals surface area (Å²) < 4.78 is 10.3. The molecular weight excluding hydrogens is 236 g/mol. The molecule has 0 aromatic heterocycles. The van der Waals surface area contributed by atoms with Crippen LogP contribution in [0.15, 0.2) is 60.7 Å². The van der Waals surface area contributed by atoms with Gasteiger partial charge in [0.05, 0.1) is 6.61 Å². The van der Waals surface area contributed by atoms with Gasteiger partial charge < -0.3 is 9.47 Å². The number of rotatable bonds is 7. The third kappa shape index (κ3) is 4.19. The van der Waals surface area contributed by atoms with Gasteiger partial charge in [-0.3, -0.25) is 0 Å². The van der Waals surface area contributed by atoms with Gasteiger partial charge in [0.2, 0.25) is 0 Å². The fourth-order valence-corrected chi connectivity index (χ4v) is 2.24. The number of hydrogen-bond acceptors (Lipinski definition) is 2. The average molecular weight is 256 g/mol. The summed E-state index contributed by atoms with van der Waals surface area (Å²) in [5.41, 5.74) is 2.66. The van der Waals surface area contributed by atoms with Gasteiger partial charge in [0.25, 0.3) is 0 Å². The van der Waals surface area contributed by atoms with Gasteiger partial charge in [-0.05, 0) is 17.5 Å². The summed E-state index contributed by atoms with van der Waals surface area (Å²) in [5.74, 6) is 0.374. The highest BCUT2D eigenvalue weighted by Crippen LogP contribution is 2.27. The molecule has 0 unspecified atom stereocenters. The van der Waals surface area contributed by atoms with Crippen molar-refractivity contribution in [1.29, 1.82) is 0 Å². The van der Waals surface area contributed by atoms with Crippen molar-refractivity contribution in [3.8, 4) is 0 Å². The second-order valence-corrected chi connectivity index (χ2v) is 4.48. The van der Waals surface area contributed by atoms with Crippen LogP contribution in [0.4, 0.5) is 0 Å². The highest BCUT2D eigenvalue weighted by molar-refractivity contribution is 5.32. The first-order chi connectivity index (χ1) is 9.42. The van der Waals surface area contributed by atoms with Crippen molar-refractivity contribution >= 4 is 0 Å². The van der Waals surface area contributed by atoms with Gasteiger partial charge in [0.15, 0.2) is 0 Å². The molecule has 0 aliphatic heterocycles. The van der Waals surface area contributed by atoms with E-state index in [2.05, 4.69) is 48.5 Å². The van der Waals surface area contributed by atoms with E-state index in [1.54, 1.807) is 7.11 Å². The third-order valence-electron chi connectivity index (χ3n) is 3.16. The van der Waals surface area contributed by atoms with E-state index in [0.717, 1.165) is 6.42 Å². The molecule has 0 radical (unpaired) electrons. The van der Waals surface area contributed by atoms with E-state index in [0.29, 0.717) is 19.3 Å². The Morgan fingerprint density at radius 2 is 1.37 bits per heavy atom. The van der Waals surface area contributed by atoms with Gasteiger partial charge in [-0.15, -0.1) is 0 Å². The SMILES string of the molecule is COCOCCC(c1ccccc1)c1ccccc1. The lowest BCUT2D eigenvalue weighted by molar-refractivity contribution is -0.0318. The molecule has 0 heterocycles. The Kier molecular flexibility index (Phi) is 5.60. The maximum absolute atomic E-state index is 5.43. The zero-order valence-electron chi connectivity index (χ0n) is 11.3. The van der Waals surface area contributed by atoms with Crippen LogP contribution in [0, 0.1) is 0 Å². The van der Waals surface area contributed by atoms with Crippen LogP contribution in [0.3, 0.4) is 0 Å². The van der Waals surface area contributed by atoms with E-state index in [4.69, 9.17) is 9.47 Å². The molecule has 0 atom stereocenters. The van der Waals surface area contributed by atoms with Gasteiger partial charge in [0.1, 0.15) is 6.79 Å². The first kappa shape index (κ1) is 13.8. The monoisotopic (exact) mass is 256 g/mol. The van der Waals surface area contributed by atoms with Crippen molar-refractivity contribution in [1.82, 2.24) is 0 Å². The van der Waals surface area contributed by atoms with Crippen molar-refractivity contribution < 1.29 is 9.47 Å². The van der Waals surface area contributed by atoms with Crippen LogP contribution >= 0.6 is 0 Å². The van der Waals surface area contributed by atoms with E-state index in [-0.39, 0.29) is 0 Å². The summed E-state index contributed by atoms with van der Waals surface area (Å²) in [6.07, 6.45) is 0.956. The highest BCUT2D eigenvalue weighted by atomic mass is 16.7. The lowest BCUT2D eigenvalue weighted by Gasteiger charge is -2.18. The summed E-state index contributed by atoms with van der Waals surface area (Å²) in [5, 5.41) is 0. The Bertz CT molecular complexity index is 414. The first-order valence-electron chi connectivity index (χ1n) is 6.58. The van der Waals surface area contributed by atoms with Crippen LogP contribution in [0.2, 0.25) is 0 Å². The lowest BCUT2D eigenvalue weighted by Crippen LogP contribution is -2.07. The van der Waals surface area contributed by atoms with Gasteiger partial charge in [-0.1, -0.05) is 60.7 Å². The smallest absolute Gasteiger partial charge is 0.146 e. The molecule has 0 saturated heterocycles. The summed E-state index contributed by atoms with van der Waals surface area (Å²) in [6.45, 7) is 1.05. The molecule has 0 spiro atoms. The van der Waals surface area contributed by atoms with Gasteiger partial charge in [-0.25, -0.2) is 0 Å². The van der Waals surface area contributed by atoms with Crippen LogP contribution in [0.25, 0.3) is 0 Å². The minimum atomic E-state index is 0.357. The summed E-state index contributed by atoms with van der Waals surface area (Å²) >= 11 is 0. The van der Waals surface area contributed by atoms with E-state index in [9.17, 15) is 0 Å². The molecule has 2 heteroatoms. The summed E-state index contributed by atoms with van der Waals surface area (Å²) in [7, 11) is 1.64. The molecule has 0 bridgehead atoms. The Morgan fingerprint density at radius 1 is 0.842 bits per heavy atom. The van der Waals surface area contributed by atoms with Crippen LogP contribution < -0.4 is 0 Å². The number of benzene rings is 2. The second kappa shape index (κ2) is 7.72.